The average Bonchev–Trinajstić information content (AvgIpc) is 3.24. The smallest absolute Gasteiger partial charge is 0.0307 e. The van der Waals surface area contributed by atoms with Crippen LogP contribution in [-0.2, 0) is 6.42 Å². The molecule has 3 rings (SSSR count). The van der Waals surface area contributed by atoms with Crippen LogP contribution < -0.4 is 0 Å². The Kier molecular flexibility index (Phi) is 8.62. The SMILES string of the molecule is CCC1CC1.CCC1CCC1.CCc1ccccc1. The van der Waals surface area contributed by atoms with Crippen LogP contribution >= 0.6 is 0 Å². The van der Waals surface area contributed by atoms with E-state index in [-0.39, 0.29) is 0 Å². The normalized spacial score (nSPS) is 17.4. The lowest BCUT2D eigenvalue weighted by molar-refractivity contribution is 0.307. The first-order chi connectivity index (χ1) is 9.30. The monoisotopic (exact) mass is 260 g/mol. The predicted molar refractivity (Wildman–Crippen MR) is 86.5 cm³/mol. The van der Waals surface area contributed by atoms with E-state index in [1.54, 1.807) is 0 Å². The Balaban J connectivity index is 0.000000147. The van der Waals surface area contributed by atoms with Crippen molar-refractivity contribution in [2.24, 2.45) is 11.8 Å². The standard InChI is InChI=1S/C8H10.C6H12.C5H10/c1-2-8-6-4-3-5-7-8;1-2-6-4-3-5-6;1-2-5-3-4-5/h3-7H,2H2,1H3;6H,2-5H2,1H3;5H,2-4H2,1H3. The van der Waals surface area contributed by atoms with E-state index in [0.29, 0.717) is 0 Å². The minimum Gasteiger partial charge on any atom is -0.0651 e. The fourth-order valence-corrected chi connectivity index (χ4v) is 2.14. The molecule has 2 aliphatic carbocycles. The van der Waals surface area contributed by atoms with E-state index in [2.05, 4.69) is 45.0 Å². The van der Waals surface area contributed by atoms with Gasteiger partial charge in [-0.1, -0.05) is 96.0 Å². The first-order valence-corrected chi connectivity index (χ1v) is 8.34. The molecule has 0 aliphatic heterocycles. The van der Waals surface area contributed by atoms with Crippen LogP contribution in [0, 0.1) is 11.8 Å². The van der Waals surface area contributed by atoms with Crippen LogP contribution in [0.15, 0.2) is 30.3 Å². The fraction of sp³-hybridized carbons (Fsp3) is 0.684. The number of benzene rings is 1. The van der Waals surface area contributed by atoms with Gasteiger partial charge >= 0.3 is 0 Å². The number of aryl methyl sites for hydroxylation is 1. The minimum atomic E-state index is 1.12. The van der Waals surface area contributed by atoms with Crippen LogP contribution in [0.25, 0.3) is 0 Å². The molecule has 0 heteroatoms. The maximum absolute atomic E-state index is 2.28. The van der Waals surface area contributed by atoms with Gasteiger partial charge in [0.25, 0.3) is 0 Å². The van der Waals surface area contributed by atoms with Gasteiger partial charge in [0, 0.05) is 0 Å². The molecule has 108 valence electrons. The summed E-state index contributed by atoms with van der Waals surface area (Å²) in [5.74, 6) is 2.25. The van der Waals surface area contributed by atoms with Crippen LogP contribution in [-0.4, -0.2) is 0 Å². The second-order valence-corrected chi connectivity index (χ2v) is 5.90. The van der Waals surface area contributed by atoms with Gasteiger partial charge in [-0.2, -0.15) is 0 Å². The van der Waals surface area contributed by atoms with Crippen molar-refractivity contribution in [1.82, 2.24) is 0 Å². The van der Waals surface area contributed by atoms with Gasteiger partial charge in [0.2, 0.25) is 0 Å². The summed E-state index contributed by atoms with van der Waals surface area (Å²) >= 11 is 0. The van der Waals surface area contributed by atoms with Gasteiger partial charge < -0.3 is 0 Å². The summed E-state index contributed by atoms with van der Waals surface area (Å²) < 4.78 is 0. The molecular weight excluding hydrogens is 228 g/mol. The average molecular weight is 260 g/mol. The molecular formula is C19H32. The first-order valence-electron chi connectivity index (χ1n) is 8.34. The van der Waals surface area contributed by atoms with Crippen molar-refractivity contribution in [2.45, 2.75) is 72.1 Å². The van der Waals surface area contributed by atoms with Crippen LogP contribution in [0.5, 0.6) is 0 Å². The van der Waals surface area contributed by atoms with Gasteiger partial charge in [0.05, 0.1) is 0 Å². The molecule has 0 unspecified atom stereocenters. The van der Waals surface area contributed by atoms with Gasteiger partial charge in [-0.25, -0.2) is 0 Å². The van der Waals surface area contributed by atoms with Crippen molar-refractivity contribution >= 4 is 0 Å². The Morgan fingerprint density at radius 1 is 0.789 bits per heavy atom. The third-order valence-electron chi connectivity index (χ3n) is 4.33. The summed E-state index contributed by atoms with van der Waals surface area (Å²) in [4.78, 5) is 0. The molecule has 2 saturated carbocycles. The van der Waals surface area contributed by atoms with Crippen LogP contribution in [0.2, 0.25) is 0 Å². The number of rotatable bonds is 3. The second-order valence-electron chi connectivity index (χ2n) is 5.90. The largest absolute Gasteiger partial charge is 0.0651 e. The lowest BCUT2D eigenvalue weighted by atomic mass is 9.84. The summed E-state index contributed by atoms with van der Waals surface area (Å²) in [6.07, 6.45) is 11.5. The lowest BCUT2D eigenvalue weighted by Crippen LogP contribution is -2.08. The van der Waals surface area contributed by atoms with Crippen molar-refractivity contribution in [1.29, 1.82) is 0 Å². The van der Waals surface area contributed by atoms with Crippen molar-refractivity contribution < 1.29 is 0 Å². The zero-order chi connectivity index (χ0) is 13.9. The third kappa shape index (κ3) is 8.08. The van der Waals surface area contributed by atoms with E-state index in [1.165, 1.54) is 50.5 Å². The Morgan fingerprint density at radius 3 is 1.47 bits per heavy atom. The maximum atomic E-state index is 2.28. The summed E-state index contributed by atoms with van der Waals surface area (Å²) in [7, 11) is 0. The first kappa shape index (κ1) is 16.3. The molecule has 0 saturated heterocycles. The zero-order valence-corrected chi connectivity index (χ0v) is 13.2. The molecule has 0 nitrogen and oxygen atoms in total. The van der Waals surface area contributed by atoms with Crippen LogP contribution in [0.3, 0.4) is 0 Å². The molecule has 1 aromatic carbocycles. The van der Waals surface area contributed by atoms with Gasteiger partial charge in [-0.3, -0.25) is 0 Å². The van der Waals surface area contributed by atoms with E-state index >= 15 is 0 Å². The molecule has 2 aliphatic rings. The van der Waals surface area contributed by atoms with Gasteiger partial charge in [-0.15, -0.1) is 0 Å². The Hall–Kier alpha value is -0.780. The zero-order valence-electron chi connectivity index (χ0n) is 13.2. The molecule has 0 bridgehead atoms. The third-order valence-corrected chi connectivity index (χ3v) is 4.33. The Labute approximate surface area is 120 Å². The maximum Gasteiger partial charge on any atom is -0.0307 e. The topological polar surface area (TPSA) is 0 Å². The molecule has 0 radical (unpaired) electrons. The van der Waals surface area contributed by atoms with Crippen molar-refractivity contribution in [3.8, 4) is 0 Å². The predicted octanol–water partition coefficient (Wildman–Crippen LogP) is 6.25. The summed E-state index contributed by atoms with van der Waals surface area (Å²) in [5, 5.41) is 0. The van der Waals surface area contributed by atoms with Gasteiger partial charge in [0.1, 0.15) is 0 Å². The molecule has 0 spiro atoms. The molecule has 0 aromatic heterocycles. The highest BCUT2D eigenvalue weighted by atomic mass is 14.2. The second kappa shape index (κ2) is 10.1. The van der Waals surface area contributed by atoms with Crippen molar-refractivity contribution in [2.75, 3.05) is 0 Å². The quantitative estimate of drug-likeness (QED) is 0.602. The Bertz CT molecular complexity index is 290. The van der Waals surface area contributed by atoms with E-state index in [4.69, 9.17) is 0 Å². The summed E-state index contributed by atoms with van der Waals surface area (Å²) in [5.41, 5.74) is 1.41. The van der Waals surface area contributed by atoms with E-state index in [0.717, 1.165) is 18.3 Å². The molecule has 19 heavy (non-hydrogen) atoms. The van der Waals surface area contributed by atoms with Crippen LogP contribution in [0.1, 0.15) is 71.3 Å². The molecule has 0 heterocycles. The minimum absolute atomic E-state index is 1.12. The fourth-order valence-electron chi connectivity index (χ4n) is 2.14. The molecule has 0 atom stereocenters. The van der Waals surface area contributed by atoms with Crippen LogP contribution in [0.4, 0.5) is 0 Å². The molecule has 1 aromatic rings. The van der Waals surface area contributed by atoms with Gasteiger partial charge in [-0.05, 0) is 23.8 Å². The van der Waals surface area contributed by atoms with Crippen molar-refractivity contribution in [3.05, 3.63) is 35.9 Å². The highest BCUT2D eigenvalue weighted by Gasteiger charge is 2.17. The summed E-state index contributed by atoms with van der Waals surface area (Å²) in [6.45, 7) is 6.71. The van der Waals surface area contributed by atoms with E-state index in [9.17, 15) is 0 Å². The van der Waals surface area contributed by atoms with E-state index in [1.807, 2.05) is 6.07 Å². The van der Waals surface area contributed by atoms with Gasteiger partial charge in [0.15, 0.2) is 0 Å². The number of hydrogen-bond acceptors (Lipinski definition) is 0. The lowest BCUT2D eigenvalue weighted by Gasteiger charge is -2.22. The number of hydrogen-bond donors (Lipinski definition) is 0. The molecule has 2 fully saturated rings. The van der Waals surface area contributed by atoms with Crippen molar-refractivity contribution in [3.63, 3.8) is 0 Å². The molecule has 0 N–H and O–H groups in total. The Morgan fingerprint density at radius 2 is 1.32 bits per heavy atom. The highest BCUT2D eigenvalue weighted by Crippen LogP contribution is 2.31. The molecule has 0 amide bonds. The highest BCUT2D eigenvalue weighted by molar-refractivity contribution is 5.13. The summed E-state index contributed by atoms with van der Waals surface area (Å²) in [6, 6.07) is 10.5. The van der Waals surface area contributed by atoms with E-state index < -0.39 is 0 Å².